The van der Waals surface area contributed by atoms with Crippen LogP contribution in [0.5, 0.6) is 0 Å². The van der Waals surface area contributed by atoms with Gasteiger partial charge in [0.25, 0.3) is 5.91 Å². The first kappa shape index (κ1) is 16.7. The van der Waals surface area contributed by atoms with Crippen molar-refractivity contribution in [2.75, 3.05) is 6.54 Å². The molecule has 1 aromatic carbocycles. The molecular weight excluding hydrogens is 380 g/mol. The predicted molar refractivity (Wildman–Crippen MR) is 84.7 cm³/mol. The van der Waals surface area contributed by atoms with E-state index in [9.17, 15) is 13.2 Å². The van der Waals surface area contributed by atoms with E-state index in [1.54, 1.807) is 0 Å². The molecule has 1 aliphatic rings. The highest BCUT2D eigenvalue weighted by Crippen LogP contribution is 2.36. The number of sulfonamides is 1. The van der Waals surface area contributed by atoms with E-state index in [1.165, 1.54) is 25.0 Å². The Morgan fingerprint density at radius 3 is 2.67 bits per heavy atom. The lowest BCUT2D eigenvalue weighted by molar-refractivity contribution is 0.0946. The molecule has 0 aromatic heterocycles. The highest BCUT2D eigenvalue weighted by Gasteiger charge is 2.28. The average molecular weight is 396 g/mol. The first-order chi connectivity index (χ1) is 9.70. The highest BCUT2D eigenvalue weighted by atomic mass is 79.9. The maximum absolute atomic E-state index is 12.2. The molecule has 0 saturated heterocycles. The minimum Gasteiger partial charge on any atom is -0.352 e. The van der Waals surface area contributed by atoms with Gasteiger partial charge in [0, 0.05) is 11.0 Å². The van der Waals surface area contributed by atoms with Crippen LogP contribution in [0.1, 0.15) is 30.1 Å². The lowest BCUT2D eigenvalue weighted by atomic mass is 10.1. The molecule has 0 heterocycles. The Morgan fingerprint density at radius 2 is 2.14 bits per heavy atom. The first-order valence-electron chi connectivity index (χ1n) is 6.50. The van der Waals surface area contributed by atoms with Crippen molar-refractivity contribution in [1.29, 1.82) is 0 Å². The van der Waals surface area contributed by atoms with E-state index in [1.807, 2.05) is 0 Å². The molecule has 1 amide bonds. The van der Waals surface area contributed by atoms with Gasteiger partial charge in [0.2, 0.25) is 10.0 Å². The third-order valence-corrected chi connectivity index (χ3v) is 5.48. The van der Waals surface area contributed by atoms with Crippen LogP contribution in [-0.4, -0.2) is 20.9 Å². The third kappa shape index (κ3) is 4.18. The summed E-state index contributed by atoms with van der Waals surface area (Å²) in [5.41, 5.74) is 0.0954. The minimum atomic E-state index is -3.99. The topological polar surface area (TPSA) is 89.3 Å². The zero-order chi connectivity index (χ0) is 15.8. The van der Waals surface area contributed by atoms with Gasteiger partial charge in [0.05, 0.1) is 10.6 Å². The average Bonchev–Trinajstić information content (AvgIpc) is 3.20. The molecule has 21 heavy (non-hydrogen) atoms. The lowest BCUT2D eigenvalue weighted by Crippen LogP contribution is -2.29. The van der Waals surface area contributed by atoms with Gasteiger partial charge >= 0.3 is 0 Å². The second kappa shape index (κ2) is 6.24. The second-order valence-corrected chi connectivity index (χ2v) is 8.16. The molecule has 5 nitrogen and oxygen atoms in total. The molecular formula is C13H16BrClN2O3S. The molecule has 3 N–H and O–H groups in total. The van der Waals surface area contributed by atoms with Crippen molar-refractivity contribution in [3.8, 4) is 0 Å². The Bertz CT molecular complexity index is 674. The van der Waals surface area contributed by atoms with Gasteiger partial charge < -0.3 is 5.32 Å². The number of amides is 1. The van der Waals surface area contributed by atoms with Crippen molar-refractivity contribution in [2.24, 2.45) is 17.0 Å². The molecule has 0 spiro atoms. The molecule has 1 atom stereocenters. The second-order valence-electron chi connectivity index (χ2n) is 5.34. The van der Waals surface area contributed by atoms with Crippen molar-refractivity contribution >= 4 is 43.5 Å². The van der Waals surface area contributed by atoms with Gasteiger partial charge in [-0.05, 0) is 36.8 Å². The number of nitrogens with two attached hydrogens (primary N) is 1. The zero-order valence-corrected chi connectivity index (χ0v) is 14.6. The van der Waals surface area contributed by atoms with Crippen molar-refractivity contribution < 1.29 is 13.2 Å². The first-order valence-corrected chi connectivity index (χ1v) is 9.22. The van der Waals surface area contributed by atoms with Crippen molar-refractivity contribution in [3.05, 3.63) is 27.2 Å². The van der Waals surface area contributed by atoms with Crippen LogP contribution >= 0.6 is 27.5 Å². The van der Waals surface area contributed by atoms with Crippen LogP contribution < -0.4 is 10.5 Å². The van der Waals surface area contributed by atoms with Crippen LogP contribution in [-0.2, 0) is 10.0 Å². The fraction of sp³-hybridized carbons (Fsp3) is 0.462. The fourth-order valence-corrected chi connectivity index (χ4v) is 3.90. The van der Waals surface area contributed by atoms with Crippen LogP contribution in [0.2, 0.25) is 5.02 Å². The number of primary sulfonamides is 1. The summed E-state index contributed by atoms with van der Waals surface area (Å²) in [7, 11) is -3.99. The number of nitrogens with one attached hydrogen (secondary N) is 1. The number of halogens is 2. The fourth-order valence-electron chi connectivity index (χ4n) is 2.12. The zero-order valence-electron chi connectivity index (χ0n) is 11.4. The third-order valence-electron chi connectivity index (χ3n) is 3.57. The van der Waals surface area contributed by atoms with Gasteiger partial charge in [-0.25, -0.2) is 13.6 Å². The molecule has 1 fully saturated rings. The Labute approximate surface area is 137 Å². The van der Waals surface area contributed by atoms with Gasteiger partial charge in [-0.1, -0.05) is 34.5 Å². The Morgan fingerprint density at radius 1 is 1.52 bits per heavy atom. The van der Waals surface area contributed by atoms with Crippen LogP contribution in [0.25, 0.3) is 0 Å². The molecule has 1 unspecified atom stereocenters. The van der Waals surface area contributed by atoms with E-state index in [4.69, 9.17) is 16.7 Å². The normalized spacial score (nSPS) is 16.6. The van der Waals surface area contributed by atoms with Gasteiger partial charge in [-0.15, -0.1) is 0 Å². The van der Waals surface area contributed by atoms with Crippen molar-refractivity contribution in [1.82, 2.24) is 5.32 Å². The molecule has 2 rings (SSSR count). The molecule has 1 aliphatic carbocycles. The van der Waals surface area contributed by atoms with E-state index < -0.39 is 15.9 Å². The maximum atomic E-state index is 12.2. The molecule has 116 valence electrons. The van der Waals surface area contributed by atoms with Gasteiger partial charge in [0.1, 0.15) is 4.90 Å². The summed E-state index contributed by atoms with van der Waals surface area (Å²) in [6, 6.07) is 2.76. The molecule has 0 aliphatic heterocycles. The van der Waals surface area contributed by atoms with Gasteiger partial charge in [-0.3, -0.25) is 4.79 Å². The number of carbonyl (C=O) groups is 1. The SMILES string of the molecule is CC(CNC(=O)c1cc(Br)cc(S(N)(=O)=O)c1Cl)C1CC1. The smallest absolute Gasteiger partial charge is 0.252 e. The molecule has 0 radical (unpaired) electrons. The summed E-state index contributed by atoms with van der Waals surface area (Å²) in [5.74, 6) is 0.666. The predicted octanol–water partition coefficient (Wildman–Crippen LogP) is 2.53. The quantitative estimate of drug-likeness (QED) is 0.803. The number of hydrogen-bond acceptors (Lipinski definition) is 3. The van der Waals surface area contributed by atoms with E-state index in [0.717, 1.165) is 0 Å². The number of hydrogen-bond donors (Lipinski definition) is 2. The van der Waals surface area contributed by atoms with Crippen molar-refractivity contribution in [2.45, 2.75) is 24.7 Å². The summed E-state index contributed by atoms with van der Waals surface area (Å²) in [6.45, 7) is 2.62. The van der Waals surface area contributed by atoms with Crippen LogP contribution in [0.4, 0.5) is 0 Å². The molecule has 8 heteroatoms. The van der Waals surface area contributed by atoms with E-state index >= 15 is 0 Å². The number of benzene rings is 1. The standard InChI is InChI=1S/C13H16BrClN2O3S/c1-7(8-2-3-8)6-17-13(18)10-4-9(14)5-11(12(10)15)21(16,19)20/h4-5,7-8H,2-3,6H2,1H3,(H,17,18)(H2,16,19,20). The summed E-state index contributed by atoms with van der Waals surface area (Å²) < 4.78 is 23.4. The summed E-state index contributed by atoms with van der Waals surface area (Å²) in [6.07, 6.45) is 2.40. The monoisotopic (exact) mass is 394 g/mol. The van der Waals surface area contributed by atoms with E-state index in [2.05, 4.69) is 28.2 Å². The summed E-state index contributed by atoms with van der Waals surface area (Å²) in [4.78, 5) is 11.9. The minimum absolute atomic E-state index is 0.0954. The number of carbonyl (C=O) groups excluding carboxylic acids is 1. The lowest BCUT2D eigenvalue weighted by Gasteiger charge is -2.13. The maximum Gasteiger partial charge on any atom is 0.252 e. The molecule has 1 aromatic rings. The summed E-state index contributed by atoms with van der Waals surface area (Å²) >= 11 is 9.17. The summed E-state index contributed by atoms with van der Waals surface area (Å²) in [5, 5.41) is 7.73. The highest BCUT2D eigenvalue weighted by molar-refractivity contribution is 9.10. The van der Waals surface area contributed by atoms with Crippen LogP contribution in [0.3, 0.4) is 0 Å². The van der Waals surface area contributed by atoms with Crippen LogP contribution in [0.15, 0.2) is 21.5 Å². The molecule has 0 bridgehead atoms. The number of rotatable bonds is 5. The van der Waals surface area contributed by atoms with Crippen molar-refractivity contribution in [3.63, 3.8) is 0 Å². The molecule has 1 saturated carbocycles. The Balaban J connectivity index is 2.22. The van der Waals surface area contributed by atoms with E-state index in [0.29, 0.717) is 22.9 Å². The van der Waals surface area contributed by atoms with Crippen LogP contribution in [0, 0.1) is 11.8 Å². The Hall–Kier alpha value is -0.630. The van der Waals surface area contributed by atoms with Gasteiger partial charge in [-0.2, -0.15) is 0 Å². The Kier molecular flexibility index (Phi) is 4.97. The largest absolute Gasteiger partial charge is 0.352 e. The van der Waals surface area contributed by atoms with E-state index in [-0.39, 0.29) is 15.5 Å². The van der Waals surface area contributed by atoms with Gasteiger partial charge in [0.15, 0.2) is 0 Å².